The van der Waals surface area contributed by atoms with Crippen LogP contribution in [-0.2, 0) is 17.6 Å². The SMILES string of the molecule is Cc1c2c(n3c1CC(=O)N(C)CC[C@H](C)Nc1cc-3ccc1C(N)=O)CC(C)(C)CC2=O. The molecule has 2 aliphatic rings. The second kappa shape index (κ2) is 7.80. The molecule has 0 unspecified atom stereocenters. The van der Waals surface area contributed by atoms with E-state index in [1.54, 1.807) is 11.0 Å². The van der Waals surface area contributed by atoms with Gasteiger partial charge in [-0.1, -0.05) is 13.8 Å². The summed E-state index contributed by atoms with van der Waals surface area (Å²) in [7, 11) is 1.81. The molecule has 2 heterocycles. The van der Waals surface area contributed by atoms with E-state index in [4.69, 9.17) is 5.73 Å². The molecule has 0 radical (unpaired) electrons. The molecule has 2 bridgehead atoms. The molecule has 2 amide bonds. The van der Waals surface area contributed by atoms with E-state index in [0.717, 1.165) is 41.0 Å². The Morgan fingerprint density at radius 2 is 1.91 bits per heavy atom. The highest BCUT2D eigenvalue weighted by molar-refractivity contribution is 6.01. The molecule has 7 nitrogen and oxygen atoms in total. The van der Waals surface area contributed by atoms with Gasteiger partial charge in [-0.15, -0.1) is 0 Å². The number of hydrogen-bond acceptors (Lipinski definition) is 4. The fourth-order valence-electron chi connectivity index (χ4n) is 5.04. The Morgan fingerprint density at radius 3 is 2.59 bits per heavy atom. The van der Waals surface area contributed by atoms with E-state index in [1.165, 1.54) is 0 Å². The molecule has 1 atom stereocenters. The van der Waals surface area contributed by atoms with Gasteiger partial charge in [-0.2, -0.15) is 0 Å². The van der Waals surface area contributed by atoms with Crippen molar-refractivity contribution in [3.05, 3.63) is 46.3 Å². The van der Waals surface area contributed by atoms with E-state index in [9.17, 15) is 14.4 Å². The summed E-state index contributed by atoms with van der Waals surface area (Å²) in [6.07, 6.45) is 2.17. The van der Waals surface area contributed by atoms with Crippen LogP contribution in [0.2, 0.25) is 0 Å². The van der Waals surface area contributed by atoms with Crippen molar-refractivity contribution in [1.29, 1.82) is 0 Å². The quantitative estimate of drug-likeness (QED) is 0.717. The van der Waals surface area contributed by atoms with E-state index in [2.05, 4.69) is 23.7 Å². The Bertz CT molecular complexity index is 1130. The third-order valence-corrected chi connectivity index (χ3v) is 6.77. The third kappa shape index (κ3) is 3.80. The molecule has 2 aromatic rings. The summed E-state index contributed by atoms with van der Waals surface area (Å²) in [6.45, 7) is 8.75. The summed E-state index contributed by atoms with van der Waals surface area (Å²) >= 11 is 0. The summed E-state index contributed by atoms with van der Waals surface area (Å²) in [5.74, 6) is -0.342. The molecule has 3 N–H and O–H groups in total. The van der Waals surface area contributed by atoms with Crippen LogP contribution in [-0.4, -0.2) is 46.7 Å². The lowest BCUT2D eigenvalue weighted by molar-refractivity contribution is -0.129. The lowest BCUT2D eigenvalue weighted by Crippen LogP contribution is -2.33. The van der Waals surface area contributed by atoms with Gasteiger partial charge in [-0.05, 0) is 55.9 Å². The van der Waals surface area contributed by atoms with E-state index < -0.39 is 5.91 Å². The lowest BCUT2D eigenvalue weighted by atomic mass is 9.75. The molecule has 170 valence electrons. The maximum absolute atomic E-state index is 13.1. The number of amides is 2. The largest absolute Gasteiger partial charge is 0.382 e. The monoisotopic (exact) mass is 436 g/mol. The standard InChI is InChI=1S/C25H32N4O3/c1-14-8-9-28(5)22(31)11-19-15(2)23-20(12-25(3,4)13-21(23)30)29(19)16-6-7-17(24(26)32)18(10-16)27-14/h6-7,10,14,27H,8-9,11-13H2,1-5H3,(H2,26,32)/t14-/m0/s1. The molecule has 1 aliphatic carbocycles. The van der Waals surface area contributed by atoms with E-state index in [-0.39, 0.29) is 29.6 Å². The molecular formula is C25H32N4O3. The number of ketones is 1. The molecule has 1 aliphatic heterocycles. The van der Waals surface area contributed by atoms with Gasteiger partial charge in [-0.3, -0.25) is 14.4 Å². The molecule has 0 saturated heterocycles. The van der Waals surface area contributed by atoms with Crippen molar-refractivity contribution in [2.24, 2.45) is 11.1 Å². The van der Waals surface area contributed by atoms with Crippen LogP contribution in [0.4, 0.5) is 5.69 Å². The van der Waals surface area contributed by atoms with Crippen molar-refractivity contribution in [2.45, 2.75) is 59.4 Å². The summed E-state index contributed by atoms with van der Waals surface area (Å²) in [5, 5.41) is 3.41. The number of carbonyl (C=O) groups is 3. The number of likely N-dealkylation sites (N-methyl/N-ethyl adjacent to an activating group) is 1. The summed E-state index contributed by atoms with van der Waals surface area (Å²) in [4.78, 5) is 40.0. The Labute approximate surface area is 189 Å². The predicted octanol–water partition coefficient (Wildman–Crippen LogP) is 3.24. The Morgan fingerprint density at radius 1 is 1.19 bits per heavy atom. The van der Waals surface area contributed by atoms with E-state index >= 15 is 0 Å². The minimum absolute atomic E-state index is 0.0256. The number of aromatic nitrogens is 1. The number of rotatable bonds is 1. The zero-order valence-electron chi connectivity index (χ0n) is 19.5. The van der Waals surface area contributed by atoms with Crippen LogP contribution in [0.15, 0.2) is 18.2 Å². The smallest absolute Gasteiger partial charge is 0.250 e. The van der Waals surface area contributed by atoms with Crippen LogP contribution in [0.5, 0.6) is 0 Å². The molecule has 7 heteroatoms. The summed E-state index contributed by atoms with van der Waals surface area (Å²) in [5.41, 5.74) is 10.8. The first kappa shape index (κ1) is 22.1. The number of primary amides is 1. The van der Waals surface area contributed by atoms with Gasteiger partial charge in [0.15, 0.2) is 5.78 Å². The summed E-state index contributed by atoms with van der Waals surface area (Å²) < 4.78 is 2.07. The molecule has 0 saturated carbocycles. The molecule has 1 aromatic carbocycles. The predicted molar refractivity (Wildman–Crippen MR) is 124 cm³/mol. The number of fused-ring (bicyclic) bond motifs is 6. The fraction of sp³-hybridized carbons (Fsp3) is 0.480. The number of carbonyl (C=O) groups excluding carboxylic acids is 3. The molecule has 0 spiro atoms. The zero-order valence-corrected chi connectivity index (χ0v) is 19.5. The number of anilines is 1. The van der Waals surface area contributed by atoms with Crippen molar-refractivity contribution in [3.63, 3.8) is 0 Å². The van der Waals surface area contributed by atoms with Crippen LogP contribution < -0.4 is 11.1 Å². The molecule has 4 rings (SSSR count). The number of Topliss-reactive ketones (excluding diaryl/α,β-unsaturated/α-hetero) is 1. The summed E-state index contributed by atoms with van der Waals surface area (Å²) in [6, 6.07) is 5.54. The van der Waals surface area contributed by atoms with Crippen LogP contribution in [0.25, 0.3) is 5.69 Å². The number of nitrogens with zero attached hydrogens (tertiary/aromatic N) is 2. The minimum atomic E-state index is -0.493. The van der Waals surface area contributed by atoms with Crippen molar-refractivity contribution in [2.75, 3.05) is 18.9 Å². The number of nitrogens with one attached hydrogen (secondary N) is 1. The first-order valence-electron chi connectivity index (χ1n) is 11.2. The topological polar surface area (TPSA) is 97.4 Å². The Kier molecular flexibility index (Phi) is 5.39. The van der Waals surface area contributed by atoms with Crippen molar-refractivity contribution in [1.82, 2.24) is 9.47 Å². The second-order valence-corrected chi connectivity index (χ2v) is 10.1. The van der Waals surface area contributed by atoms with Crippen LogP contribution in [0, 0.1) is 12.3 Å². The van der Waals surface area contributed by atoms with Crippen LogP contribution >= 0.6 is 0 Å². The van der Waals surface area contributed by atoms with Gasteiger partial charge in [0, 0.05) is 54.4 Å². The van der Waals surface area contributed by atoms with Crippen molar-refractivity contribution < 1.29 is 14.4 Å². The van der Waals surface area contributed by atoms with Gasteiger partial charge in [-0.25, -0.2) is 0 Å². The number of hydrogen-bond donors (Lipinski definition) is 2. The van der Waals surface area contributed by atoms with Crippen LogP contribution in [0.1, 0.15) is 71.3 Å². The molecule has 0 fully saturated rings. The Balaban J connectivity index is 2.01. The molecular weight excluding hydrogens is 404 g/mol. The van der Waals surface area contributed by atoms with Crippen molar-refractivity contribution >= 4 is 23.3 Å². The molecule has 1 aromatic heterocycles. The normalized spacial score (nSPS) is 20.5. The van der Waals surface area contributed by atoms with E-state index in [0.29, 0.717) is 24.2 Å². The van der Waals surface area contributed by atoms with Gasteiger partial charge in [0.25, 0.3) is 5.91 Å². The fourth-order valence-corrected chi connectivity index (χ4v) is 5.04. The second-order valence-electron chi connectivity index (χ2n) is 10.1. The number of nitrogens with two attached hydrogens (primary N) is 1. The molecule has 32 heavy (non-hydrogen) atoms. The highest BCUT2D eigenvalue weighted by Gasteiger charge is 2.37. The van der Waals surface area contributed by atoms with Crippen molar-refractivity contribution in [3.8, 4) is 5.69 Å². The zero-order chi connectivity index (χ0) is 23.4. The average molecular weight is 437 g/mol. The van der Waals surface area contributed by atoms with Gasteiger partial charge < -0.3 is 20.5 Å². The van der Waals surface area contributed by atoms with Gasteiger partial charge in [0.05, 0.1) is 12.0 Å². The van der Waals surface area contributed by atoms with Gasteiger partial charge in [0.1, 0.15) is 0 Å². The maximum Gasteiger partial charge on any atom is 0.250 e. The maximum atomic E-state index is 13.1. The van der Waals surface area contributed by atoms with E-state index in [1.807, 2.05) is 33.0 Å². The van der Waals surface area contributed by atoms with Gasteiger partial charge >= 0.3 is 0 Å². The minimum Gasteiger partial charge on any atom is -0.382 e. The number of benzene rings is 1. The van der Waals surface area contributed by atoms with Crippen LogP contribution in [0.3, 0.4) is 0 Å². The first-order chi connectivity index (χ1) is 15.0. The first-order valence-corrected chi connectivity index (χ1v) is 11.2. The van der Waals surface area contributed by atoms with Gasteiger partial charge in [0.2, 0.25) is 5.91 Å². The third-order valence-electron chi connectivity index (χ3n) is 6.77. The average Bonchev–Trinajstić information content (AvgIpc) is 2.95. The lowest BCUT2D eigenvalue weighted by Gasteiger charge is -2.30. The Hall–Kier alpha value is -3.09. The highest BCUT2D eigenvalue weighted by Crippen LogP contribution is 2.40. The highest BCUT2D eigenvalue weighted by atomic mass is 16.2.